The number of aliphatic hydroxyl groups is 8. The Morgan fingerprint density at radius 2 is 0.976 bits per heavy atom. The Labute approximate surface area is 229 Å². The number of aliphatic hydroxyl groups excluding tert-OH is 8. The zero-order valence-electron chi connectivity index (χ0n) is 21.7. The van der Waals surface area contributed by atoms with Crippen molar-refractivity contribution in [2.45, 2.75) is 56.1 Å². The Kier molecular flexibility index (Phi) is 12.0. The van der Waals surface area contributed by atoms with Gasteiger partial charge in [-0.25, -0.2) is 9.59 Å². The van der Waals surface area contributed by atoms with Gasteiger partial charge in [-0.3, -0.25) is 28.7 Å². The zero-order valence-corrected chi connectivity index (χ0v) is 21.7. The molecular formula is C21H36N8O12. The van der Waals surface area contributed by atoms with Gasteiger partial charge in [0.1, 0.15) is 47.4 Å². The molecule has 0 aliphatic heterocycles. The monoisotopic (exact) mass is 592 g/mol. The van der Waals surface area contributed by atoms with Crippen molar-refractivity contribution in [3.63, 3.8) is 0 Å². The summed E-state index contributed by atoms with van der Waals surface area (Å²) in [5.41, 5.74) is 6.90. The number of anilines is 4. The van der Waals surface area contributed by atoms with Crippen LogP contribution in [-0.2, 0) is 13.1 Å². The largest absolute Gasteiger partial charge is 0.394 e. The van der Waals surface area contributed by atoms with Crippen LogP contribution in [0.15, 0.2) is 19.2 Å². The molecule has 41 heavy (non-hydrogen) atoms. The third-order valence-corrected chi connectivity index (χ3v) is 6.13. The van der Waals surface area contributed by atoms with Crippen molar-refractivity contribution >= 4 is 23.0 Å². The Morgan fingerprint density at radius 1 is 0.634 bits per heavy atom. The van der Waals surface area contributed by atoms with E-state index in [1.165, 1.54) is 0 Å². The quantitative estimate of drug-likeness (QED) is 0.0860. The minimum Gasteiger partial charge on any atom is -0.394 e. The molecule has 232 valence electrons. The van der Waals surface area contributed by atoms with Gasteiger partial charge in [-0.05, 0) is 6.42 Å². The SMILES string of the molecule is Nc1c(NC[C@H](O)[C@H](O)[C@H](O)CO)[nH]c(=O)n(CCCn2c(=O)[nH]c(NC[C@H](O)[C@H](O)[C@H](O)CO)c(N)c2=O)c1=O. The Morgan fingerprint density at radius 3 is 1.29 bits per heavy atom. The Balaban J connectivity index is 2.09. The van der Waals surface area contributed by atoms with E-state index in [4.69, 9.17) is 21.7 Å². The topological polar surface area (TPSA) is 348 Å². The van der Waals surface area contributed by atoms with E-state index >= 15 is 0 Å². The van der Waals surface area contributed by atoms with Crippen molar-refractivity contribution in [1.29, 1.82) is 0 Å². The molecule has 0 fully saturated rings. The van der Waals surface area contributed by atoms with Gasteiger partial charge >= 0.3 is 11.4 Å². The third-order valence-electron chi connectivity index (χ3n) is 6.13. The van der Waals surface area contributed by atoms with E-state index in [0.717, 1.165) is 0 Å². The van der Waals surface area contributed by atoms with E-state index in [1.807, 2.05) is 0 Å². The van der Waals surface area contributed by atoms with Crippen LogP contribution in [0.1, 0.15) is 6.42 Å². The normalized spacial score (nSPS) is 16.0. The lowest BCUT2D eigenvalue weighted by Crippen LogP contribution is -2.44. The van der Waals surface area contributed by atoms with Crippen molar-refractivity contribution < 1.29 is 40.9 Å². The molecule has 16 N–H and O–H groups in total. The second kappa shape index (κ2) is 14.7. The molecule has 0 aromatic carbocycles. The third kappa shape index (κ3) is 8.14. The molecule has 6 atom stereocenters. The van der Waals surface area contributed by atoms with E-state index in [0.29, 0.717) is 9.13 Å². The maximum Gasteiger partial charge on any atom is 0.330 e. The summed E-state index contributed by atoms with van der Waals surface area (Å²) in [6, 6.07) is 0. The van der Waals surface area contributed by atoms with Crippen molar-refractivity contribution in [2.24, 2.45) is 0 Å². The van der Waals surface area contributed by atoms with Gasteiger partial charge < -0.3 is 63.0 Å². The molecular weight excluding hydrogens is 556 g/mol. The van der Waals surface area contributed by atoms with Crippen molar-refractivity contribution in [1.82, 2.24) is 19.1 Å². The number of nitrogens with one attached hydrogen (secondary N) is 4. The minimum absolute atomic E-state index is 0.0850. The number of aromatic nitrogens is 4. The van der Waals surface area contributed by atoms with Gasteiger partial charge in [-0.2, -0.15) is 0 Å². The van der Waals surface area contributed by atoms with Gasteiger partial charge in [0, 0.05) is 26.2 Å². The number of aromatic amines is 2. The first kappa shape index (κ1) is 33.4. The summed E-state index contributed by atoms with van der Waals surface area (Å²) in [5.74, 6) is -0.541. The summed E-state index contributed by atoms with van der Waals surface area (Å²) in [5, 5.41) is 80.4. The van der Waals surface area contributed by atoms with E-state index in [1.54, 1.807) is 0 Å². The molecule has 2 aromatic rings. The highest BCUT2D eigenvalue weighted by atomic mass is 16.4. The van der Waals surface area contributed by atoms with Crippen LogP contribution in [0.5, 0.6) is 0 Å². The molecule has 2 aromatic heterocycles. The van der Waals surface area contributed by atoms with Gasteiger partial charge in [-0.15, -0.1) is 0 Å². The van der Waals surface area contributed by atoms with E-state index in [-0.39, 0.29) is 31.1 Å². The molecule has 0 aliphatic carbocycles. The van der Waals surface area contributed by atoms with Crippen molar-refractivity contribution in [2.75, 3.05) is 48.4 Å². The summed E-state index contributed by atoms with van der Waals surface area (Å²) in [7, 11) is 0. The molecule has 0 saturated carbocycles. The fraction of sp³-hybridized carbons (Fsp3) is 0.619. The van der Waals surface area contributed by atoms with Crippen LogP contribution >= 0.6 is 0 Å². The molecule has 0 bridgehead atoms. The summed E-state index contributed by atoms with van der Waals surface area (Å²) in [4.78, 5) is 54.7. The van der Waals surface area contributed by atoms with Crippen LogP contribution in [0.25, 0.3) is 0 Å². The number of nitrogens with zero attached hydrogens (tertiary/aromatic N) is 2. The van der Waals surface area contributed by atoms with E-state index in [2.05, 4.69) is 20.6 Å². The van der Waals surface area contributed by atoms with Crippen LogP contribution in [-0.4, -0.2) is 123 Å². The Hall–Kier alpha value is -3.76. The zero-order chi connectivity index (χ0) is 31.0. The number of rotatable bonds is 16. The molecule has 2 heterocycles. The summed E-state index contributed by atoms with van der Waals surface area (Å²) >= 11 is 0. The first-order valence-corrected chi connectivity index (χ1v) is 12.3. The van der Waals surface area contributed by atoms with Crippen LogP contribution in [0.3, 0.4) is 0 Å². The minimum atomic E-state index is -1.73. The fourth-order valence-corrected chi connectivity index (χ4v) is 3.63. The summed E-state index contributed by atoms with van der Waals surface area (Å²) in [6.07, 6.45) is -9.98. The van der Waals surface area contributed by atoms with Gasteiger partial charge in [-0.1, -0.05) is 0 Å². The fourth-order valence-electron chi connectivity index (χ4n) is 3.63. The molecule has 20 nitrogen and oxygen atoms in total. The predicted octanol–water partition coefficient (Wildman–Crippen LogP) is -7.38. The maximum absolute atomic E-state index is 12.6. The van der Waals surface area contributed by atoms with Crippen LogP contribution in [0.2, 0.25) is 0 Å². The first-order valence-electron chi connectivity index (χ1n) is 12.3. The summed E-state index contributed by atoms with van der Waals surface area (Å²) < 4.78 is 1.40. The molecule has 0 aliphatic rings. The van der Waals surface area contributed by atoms with Gasteiger partial charge in [0.05, 0.1) is 25.4 Å². The highest BCUT2D eigenvalue weighted by molar-refractivity contribution is 5.59. The molecule has 0 amide bonds. The van der Waals surface area contributed by atoms with Gasteiger partial charge in [0.2, 0.25) is 0 Å². The number of H-pyrrole nitrogens is 2. The van der Waals surface area contributed by atoms with Crippen molar-refractivity contribution in [3.8, 4) is 0 Å². The number of nitrogen functional groups attached to an aromatic ring is 2. The average molecular weight is 593 g/mol. The maximum atomic E-state index is 12.6. The average Bonchev–Trinajstić information content (AvgIpc) is 2.96. The van der Waals surface area contributed by atoms with Crippen LogP contribution in [0, 0.1) is 0 Å². The number of hydrogen-bond donors (Lipinski definition) is 14. The second-order valence-corrected chi connectivity index (χ2v) is 9.08. The number of nitrogens with two attached hydrogens (primary N) is 2. The van der Waals surface area contributed by atoms with Gasteiger partial charge in [0.15, 0.2) is 0 Å². The number of hydrogen-bond acceptors (Lipinski definition) is 16. The van der Waals surface area contributed by atoms with Crippen LogP contribution in [0.4, 0.5) is 23.0 Å². The predicted molar refractivity (Wildman–Crippen MR) is 143 cm³/mol. The highest BCUT2D eigenvalue weighted by Gasteiger charge is 2.25. The standard InChI is InChI=1S/C21H36N8O12/c22-12-16(24-4-8(32)14(36)10(34)6-30)26-20(40)28(18(12)38)2-1-3-29-19(39)13(23)17(27-21(29)41)25-5-9(33)15(37)11(35)7-31/h8-11,14-15,24-25,30-37H,1-7,22-23H2,(H,26,40)(H,27,41)/t8-,9-,10+,11+,14-,15-/m0/s1. The second-order valence-electron chi connectivity index (χ2n) is 9.08. The molecule has 0 unspecified atom stereocenters. The van der Waals surface area contributed by atoms with Crippen molar-refractivity contribution in [3.05, 3.63) is 41.7 Å². The molecule has 2 rings (SSSR count). The lowest BCUT2D eigenvalue weighted by molar-refractivity contribution is -0.0715. The van der Waals surface area contributed by atoms with Crippen LogP contribution < -0.4 is 44.6 Å². The lowest BCUT2D eigenvalue weighted by atomic mass is 10.1. The highest BCUT2D eigenvalue weighted by Crippen LogP contribution is 2.10. The Bertz CT molecular complexity index is 1280. The summed E-state index contributed by atoms with van der Waals surface area (Å²) in [6.45, 7) is -3.11. The molecule has 0 saturated heterocycles. The van der Waals surface area contributed by atoms with E-state index < -0.39 is 96.8 Å². The molecule has 20 heteroatoms. The molecule has 0 radical (unpaired) electrons. The smallest absolute Gasteiger partial charge is 0.330 e. The van der Waals surface area contributed by atoms with Gasteiger partial charge in [0.25, 0.3) is 11.1 Å². The molecule has 0 spiro atoms. The van der Waals surface area contributed by atoms with E-state index in [9.17, 15) is 49.8 Å². The lowest BCUT2D eigenvalue weighted by Gasteiger charge is -2.22. The first-order chi connectivity index (χ1) is 19.2.